The largest absolute Gasteiger partial charge is 0.414 e. The van der Waals surface area contributed by atoms with E-state index in [-0.39, 0.29) is 36.2 Å². The molecule has 2 atom stereocenters. The Morgan fingerprint density at radius 1 is 1.23 bits per heavy atom. The quantitative estimate of drug-likeness (QED) is 0.486. The molecule has 7 nitrogen and oxygen atoms in total. The number of aromatic nitrogens is 2. The number of hydrogen-bond acceptors (Lipinski definition) is 4. The Hall–Kier alpha value is -3.73. The topological polar surface area (TPSA) is 85.2 Å². The number of para-hydroxylation sites is 1. The lowest BCUT2D eigenvalue weighted by Gasteiger charge is -2.16. The summed E-state index contributed by atoms with van der Waals surface area (Å²) in [4.78, 5) is 24.0. The molecule has 2 heterocycles. The van der Waals surface area contributed by atoms with Gasteiger partial charge in [-0.25, -0.2) is 9.07 Å². The number of carbonyl (C=O) groups is 2. The molecule has 1 aromatic heterocycles. The van der Waals surface area contributed by atoms with Crippen LogP contribution in [-0.2, 0) is 20.9 Å². The molecule has 0 radical (unpaired) electrons. The van der Waals surface area contributed by atoms with Gasteiger partial charge >= 0.3 is 6.18 Å². The van der Waals surface area contributed by atoms with Gasteiger partial charge in [0.1, 0.15) is 5.82 Å². The second-order valence-corrected chi connectivity index (χ2v) is 8.20. The van der Waals surface area contributed by atoms with Crippen LogP contribution in [0, 0.1) is 11.7 Å². The fraction of sp³-hybridized carbons (Fsp3) is 0.292. The number of nitrogens with one attached hydrogen (secondary N) is 2. The summed E-state index contributed by atoms with van der Waals surface area (Å²) in [5.41, 5.74) is 1.56. The second kappa shape index (κ2) is 9.87. The SMILES string of the molecule is C[C@@H](OCc1cc(F)cc(-c2cc(NC(=O)C3CNC(=O)C3)nn2-c2ccccc2)c1)C(F)(F)F. The van der Waals surface area contributed by atoms with Gasteiger partial charge < -0.3 is 15.4 Å². The van der Waals surface area contributed by atoms with E-state index in [1.54, 1.807) is 30.3 Å². The third-order valence-electron chi connectivity index (χ3n) is 5.52. The Morgan fingerprint density at radius 2 is 1.97 bits per heavy atom. The van der Waals surface area contributed by atoms with Gasteiger partial charge in [0.15, 0.2) is 11.9 Å². The third kappa shape index (κ3) is 5.86. The summed E-state index contributed by atoms with van der Waals surface area (Å²) >= 11 is 0. The highest BCUT2D eigenvalue weighted by Crippen LogP contribution is 2.29. The standard InChI is InChI=1S/C24H22F4N4O3/c1-14(24(26,27)28)35-13-15-7-16(9-18(25)8-15)20-11-21(30-23(34)17-10-22(33)29-12-17)31-32(20)19-5-3-2-4-6-19/h2-9,11,14,17H,10,12-13H2,1H3,(H,29,33)(H,30,31,34)/t14-,17?/m1/s1. The normalized spacial score (nSPS) is 16.7. The van der Waals surface area contributed by atoms with Crippen LogP contribution in [0.3, 0.4) is 0 Å². The van der Waals surface area contributed by atoms with Gasteiger partial charge in [0, 0.05) is 24.6 Å². The summed E-state index contributed by atoms with van der Waals surface area (Å²) in [6.07, 6.45) is -6.47. The van der Waals surface area contributed by atoms with Gasteiger partial charge in [-0.3, -0.25) is 9.59 Å². The Balaban J connectivity index is 1.65. The number of alkyl halides is 3. The monoisotopic (exact) mass is 490 g/mol. The molecule has 11 heteroatoms. The van der Waals surface area contributed by atoms with Crippen molar-refractivity contribution < 1.29 is 31.9 Å². The van der Waals surface area contributed by atoms with Crippen LogP contribution in [0.4, 0.5) is 23.4 Å². The fourth-order valence-electron chi connectivity index (χ4n) is 3.63. The minimum absolute atomic E-state index is 0.0711. The maximum absolute atomic E-state index is 14.4. The molecule has 0 spiro atoms. The molecule has 2 amide bonds. The number of benzene rings is 2. The van der Waals surface area contributed by atoms with Crippen LogP contribution in [0.5, 0.6) is 0 Å². The number of hydrogen-bond donors (Lipinski definition) is 2. The molecule has 1 aliphatic heterocycles. The van der Waals surface area contributed by atoms with E-state index in [0.29, 0.717) is 16.9 Å². The van der Waals surface area contributed by atoms with E-state index >= 15 is 0 Å². The van der Waals surface area contributed by atoms with Crippen LogP contribution in [0.2, 0.25) is 0 Å². The van der Waals surface area contributed by atoms with Gasteiger partial charge in [-0.1, -0.05) is 18.2 Å². The Morgan fingerprint density at radius 3 is 2.63 bits per heavy atom. The third-order valence-corrected chi connectivity index (χ3v) is 5.52. The van der Waals surface area contributed by atoms with Gasteiger partial charge in [-0.2, -0.15) is 13.2 Å². The molecule has 184 valence electrons. The average Bonchev–Trinajstić information content (AvgIpc) is 3.43. The first-order valence-electron chi connectivity index (χ1n) is 10.8. The van der Waals surface area contributed by atoms with Crippen molar-refractivity contribution in [2.75, 3.05) is 11.9 Å². The molecular formula is C24H22F4N4O3. The number of anilines is 1. The molecular weight excluding hydrogens is 468 g/mol. The summed E-state index contributed by atoms with van der Waals surface area (Å²) in [7, 11) is 0. The maximum atomic E-state index is 14.4. The zero-order valence-corrected chi connectivity index (χ0v) is 18.6. The van der Waals surface area contributed by atoms with Crippen molar-refractivity contribution >= 4 is 17.6 Å². The summed E-state index contributed by atoms with van der Waals surface area (Å²) in [5.74, 6) is -1.62. The van der Waals surface area contributed by atoms with Gasteiger partial charge in [-0.05, 0) is 42.8 Å². The van der Waals surface area contributed by atoms with Crippen molar-refractivity contribution in [3.05, 3.63) is 66.0 Å². The zero-order chi connectivity index (χ0) is 25.2. The van der Waals surface area contributed by atoms with Crippen LogP contribution >= 0.6 is 0 Å². The number of rotatable bonds is 7. The van der Waals surface area contributed by atoms with E-state index in [1.807, 2.05) is 0 Å². The summed E-state index contributed by atoms with van der Waals surface area (Å²) < 4.78 is 59.2. The molecule has 0 bridgehead atoms. The van der Waals surface area contributed by atoms with Crippen LogP contribution in [-0.4, -0.2) is 40.4 Å². The Labute approximate surface area is 198 Å². The molecule has 1 aliphatic rings. The Bertz CT molecular complexity index is 1230. The first-order chi connectivity index (χ1) is 16.6. The van der Waals surface area contributed by atoms with Gasteiger partial charge in [0.2, 0.25) is 11.8 Å². The number of halogens is 4. The lowest BCUT2D eigenvalue weighted by atomic mass is 10.1. The minimum Gasteiger partial charge on any atom is -0.364 e. The van der Waals surface area contributed by atoms with Crippen LogP contribution in [0.25, 0.3) is 16.9 Å². The zero-order valence-electron chi connectivity index (χ0n) is 18.6. The summed E-state index contributed by atoms with van der Waals surface area (Å²) in [6, 6.07) is 14.2. The van der Waals surface area contributed by atoms with E-state index < -0.39 is 30.6 Å². The fourth-order valence-corrected chi connectivity index (χ4v) is 3.63. The summed E-state index contributed by atoms with van der Waals surface area (Å²) in [5, 5.41) is 9.71. The number of carbonyl (C=O) groups excluding carboxylic acids is 2. The molecule has 2 aromatic carbocycles. The van der Waals surface area contributed by atoms with Crippen LogP contribution in [0.15, 0.2) is 54.6 Å². The van der Waals surface area contributed by atoms with Crippen molar-refractivity contribution in [1.29, 1.82) is 0 Å². The van der Waals surface area contributed by atoms with Crippen molar-refractivity contribution in [2.45, 2.75) is 32.2 Å². The smallest absolute Gasteiger partial charge is 0.364 e. The molecule has 4 rings (SSSR count). The Kier molecular flexibility index (Phi) is 6.88. The maximum Gasteiger partial charge on any atom is 0.414 e. The van der Waals surface area contributed by atoms with E-state index in [1.165, 1.54) is 22.9 Å². The van der Waals surface area contributed by atoms with Crippen molar-refractivity contribution in [3.63, 3.8) is 0 Å². The molecule has 1 unspecified atom stereocenters. The van der Waals surface area contributed by atoms with Gasteiger partial charge in [0.05, 0.1) is 23.9 Å². The first kappa shape index (κ1) is 24.4. The van der Waals surface area contributed by atoms with Crippen LogP contribution in [0.1, 0.15) is 18.9 Å². The predicted molar refractivity (Wildman–Crippen MR) is 119 cm³/mol. The number of amides is 2. The molecule has 2 N–H and O–H groups in total. The first-order valence-corrected chi connectivity index (χ1v) is 10.8. The van der Waals surface area contributed by atoms with E-state index in [4.69, 9.17) is 4.74 Å². The minimum atomic E-state index is -4.53. The van der Waals surface area contributed by atoms with Crippen molar-refractivity contribution in [3.8, 4) is 16.9 Å². The van der Waals surface area contributed by atoms with Crippen molar-refractivity contribution in [2.24, 2.45) is 5.92 Å². The molecule has 3 aromatic rings. The number of nitrogens with zero attached hydrogens (tertiary/aromatic N) is 2. The highest BCUT2D eigenvalue weighted by molar-refractivity contribution is 5.97. The summed E-state index contributed by atoms with van der Waals surface area (Å²) in [6.45, 7) is 0.658. The molecule has 0 aliphatic carbocycles. The van der Waals surface area contributed by atoms with Gasteiger partial charge in [0.25, 0.3) is 0 Å². The average molecular weight is 490 g/mol. The molecule has 0 saturated carbocycles. The van der Waals surface area contributed by atoms with Gasteiger partial charge in [-0.15, -0.1) is 5.10 Å². The molecule has 1 fully saturated rings. The molecule has 35 heavy (non-hydrogen) atoms. The van der Waals surface area contributed by atoms with Crippen LogP contribution < -0.4 is 10.6 Å². The number of ether oxygens (including phenoxy) is 1. The second-order valence-electron chi connectivity index (χ2n) is 8.20. The highest BCUT2D eigenvalue weighted by atomic mass is 19.4. The van der Waals surface area contributed by atoms with Crippen molar-refractivity contribution in [1.82, 2.24) is 15.1 Å². The lowest BCUT2D eigenvalue weighted by Crippen LogP contribution is -2.28. The van der Waals surface area contributed by atoms with E-state index in [0.717, 1.165) is 13.0 Å². The predicted octanol–water partition coefficient (Wildman–Crippen LogP) is 4.22. The van der Waals surface area contributed by atoms with E-state index in [9.17, 15) is 27.2 Å². The van der Waals surface area contributed by atoms with E-state index in [2.05, 4.69) is 15.7 Å². The molecule has 1 saturated heterocycles. The highest BCUT2D eigenvalue weighted by Gasteiger charge is 2.37. The lowest BCUT2D eigenvalue weighted by molar-refractivity contribution is -0.217.